The third-order valence-electron chi connectivity index (χ3n) is 2.83. The fraction of sp³-hybridized carbons (Fsp3) is 0.818. The lowest BCUT2D eigenvalue weighted by molar-refractivity contribution is 0.148. The summed E-state index contributed by atoms with van der Waals surface area (Å²) in [4.78, 5) is 0. The highest BCUT2D eigenvalue weighted by Crippen LogP contribution is 2.37. The molecule has 74 valence electrons. The molecule has 0 aromatic rings. The summed E-state index contributed by atoms with van der Waals surface area (Å²) in [6.45, 7) is 3.24. The fourth-order valence-electron chi connectivity index (χ4n) is 1.84. The van der Waals surface area contributed by atoms with Crippen molar-refractivity contribution in [3.05, 3.63) is 11.8 Å². The molecule has 0 aromatic carbocycles. The molecule has 1 heterocycles. The highest BCUT2D eigenvalue weighted by Gasteiger charge is 2.33. The standard InChI is InChI=1S/C11H18OS/c1-11(8-13-9-11)7-12-6-10-4-2-3-5-10/h6H,2-5,7-9H2,1H3. The van der Waals surface area contributed by atoms with Gasteiger partial charge in [-0.25, -0.2) is 0 Å². The monoisotopic (exact) mass is 198 g/mol. The van der Waals surface area contributed by atoms with Gasteiger partial charge in [0.1, 0.15) is 0 Å². The highest BCUT2D eigenvalue weighted by atomic mass is 32.2. The summed E-state index contributed by atoms with van der Waals surface area (Å²) in [7, 11) is 0. The van der Waals surface area contributed by atoms with E-state index in [0.717, 1.165) is 6.61 Å². The molecular formula is C11H18OS. The van der Waals surface area contributed by atoms with Crippen LogP contribution in [0.5, 0.6) is 0 Å². The van der Waals surface area contributed by atoms with Crippen LogP contribution in [-0.2, 0) is 4.74 Å². The van der Waals surface area contributed by atoms with Crippen molar-refractivity contribution in [3.8, 4) is 0 Å². The molecule has 2 rings (SSSR count). The molecule has 0 atom stereocenters. The molecule has 0 radical (unpaired) electrons. The molecule has 1 aliphatic heterocycles. The van der Waals surface area contributed by atoms with E-state index < -0.39 is 0 Å². The maximum absolute atomic E-state index is 5.65. The number of thioether (sulfide) groups is 1. The van der Waals surface area contributed by atoms with Crippen LogP contribution in [0.4, 0.5) is 0 Å². The number of allylic oxidation sites excluding steroid dienone is 1. The van der Waals surface area contributed by atoms with Gasteiger partial charge in [0.05, 0.1) is 12.9 Å². The zero-order chi connectivity index (χ0) is 9.15. The maximum atomic E-state index is 5.65. The van der Waals surface area contributed by atoms with Crippen LogP contribution in [0.3, 0.4) is 0 Å². The Labute approximate surface area is 84.9 Å². The summed E-state index contributed by atoms with van der Waals surface area (Å²) in [5.41, 5.74) is 2.00. The number of rotatable bonds is 3. The third kappa shape index (κ3) is 2.43. The third-order valence-corrected chi connectivity index (χ3v) is 4.63. The average molecular weight is 198 g/mol. The Morgan fingerprint density at radius 2 is 2.08 bits per heavy atom. The van der Waals surface area contributed by atoms with E-state index in [1.807, 2.05) is 18.0 Å². The zero-order valence-corrected chi connectivity index (χ0v) is 9.16. The zero-order valence-electron chi connectivity index (χ0n) is 8.34. The molecule has 1 nitrogen and oxygen atoms in total. The van der Waals surface area contributed by atoms with Crippen LogP contribution < -0.4 is 0 Å². The van der Waals surface area contributed by atoms with E-state index in [0.29, 0.717) is 5.41 Å². The first kappa shape index (κ1) is 9.45. The lowest BCUT2D eigenvalue weighted by atomic mass is 9.96. The number of hydrogen-bond donors (Lipinski definition) is 0. The van der Waals surface area contributed by atoms with E-state index in [1.54, 1.807) is 0 Å². The van der Waals surface area contributed by atoms with E-state index in [4.69, 9.17) is 4.74 Å². The van der Waals surface area contributed by atoms with Gasteiger partial charge < -0.3 is 4.74 Å². The van der Waals surface area contributed by atoms with E-state index in [1.165, 1.54) is 42.8 Å². The molecule has 1 aliphatic carbocycles. The largest absolute Gasteiger partial charge is 0.501 e. The van der Waals surface area contributed by atoms with Crippen LogP contribution in [0.1, 0.15) is 32.6 Å². The van der Waals surface area contributed by atoms with Crippen LogP contribution in [0.2, 0.25) is 0 Å². The Bertz CT molecular complexity index is 198. The molecular weight excluding hydrogens is 180 g/mol. The van der Waals surface area contributed by atoms with Gasteiger partial charge in [-0.1, -0.05) is 6.92 Å². The van der Waals surface area contributed by atoms with Gasteiger partial charge in [-0.2, -0.15) is 11.8 Å². The van der Waals surface area contributed by atoms with Crippen LogP contribution in [0.15, 0.2) is 11.8 Å². The molecule has 1 saturated heterocycles. The maximum Gasteiger partial charge on any atom is 0.0942 e. The second-order valence-electron chi connectivity index (χ2n) is 4.60. The second-order valence-corrected chi connectivity index (χ2v) is 5.58. The summed E-state index contributed by atoms with van der Waals surface area (Å²) in [6, 6.07) is 0. The minimum Gasteiger partial charge on any atom is -0.501 e. The first-order valence-electron chi connectivity index (χ1n) is 5.16. The van der Waals surface area contributed by atoms with Crippen molar-refractivity contribution in [2.24, 2.45) is 5.41 Å². The first-order valence-corrected chi connectivity index (χ1v) is 6.31. The fourth-order valence-corrected chi connectivity index (χ4v) is 2.91. The van der Waals surface area contributed by atoms with Gasteiger partial charge in [0, 0.05) is 16.9 Å². The minimum atomic E-state index is 0.473. The molecule has 2 aliphatic rings. The summed E-state index contributed by atoms with van der Waals surface area (Å²) in [5, 5.41) is 0. The van der Waals surface area contributed by atoms with Gasteiger partial charge >= 0.3 is 0 Å². The van der Waals surface area contributed by atoms with Crippen molar-refractivity contribution in [1.29, 1.82) is 0 Å². The van der Waals surface area contributed by atoms with Gasteiger partial charge in [-0.3, -0.25) is 0 Å². The Hall–Kier alpha value is -0.110. The normalized spacial score (nSPS) is 25.5. The van der Waals surface area contributed by atoms with Gasteiger partial charge in [0.25, 0.3) is 0 Å². The Morgan fingerprint density at radius 1 is 1.38 bits per heavy atom. The Morgan fingerprint density at radius 3 is 2.62 bits per heavy atom. The van der Waals surface area contributed by atoms with Crippen molar-refractivity contribution in [3.63, 3.8) is 0 Å². The van der Waals surface area contributed by atoms with E-state index in [2.05, 4.69) is 6.92 Å². The van der Waals surface area contributed by atoms with Crippen molar-refractivity contribution < 1.29 is 4.74 Å². The molecule has 13 heavy (non-hydrogen) atoms. The van der Waals surface area contributed by atoms with Crippen molar-refractivity contribution in [2.45, 2.75) is 32.6 Å². The Kier molecular flexibility index (Phi) is 2.87. The molecule has 0 bridgehead atoms. The van der Waals surface area contributed by atoms with E-state index in [-0.39, 0.29) is 0 Å². The molecule has 2 heteroatoms. The number of ether oxygens (including phenoxy) is 1. The van der Waals surface area contributed by atoms with Crippen LogP contribution in [-0.4, -0.2) is 18.1 Å². The topological polar surface area (TPSA) is 9.23 Å². The van der Waals surface area contributed by atoms with E-state index >= 15 is 0 Å². The average Bonchev–Trinajstić information content (AvgIpc) is 2.54. The molecule has 0 N–H and O–H groups in total. The predicted molar refractivity (Wildman–Crippen MR) is 57.9 cm³/mol. The highest BCUT2D eigenvalue weighted by molar-refractivity contribution is 8.00. The van der Waals surface area contributed by atoms with E-state index in [9.17, 15) is 0 Å². The second kappa shape index (κ2) is 3.95. The van der Waals surface area contributed by atoms with Gasteiger partial charge in [0.2, 0.25) is 0 Å². The molecule has 2 fully saturated rings. The lowest BCUT2D eigenvalue weighted by Crippen LogP contribution is -2.36. The minimum absolute atomic E-state index is 0.473. The van der Waals surface area contributed by atoms with Crippen molar-refractivity contribution in [2.75, 3.05) is 18.1 Å². The van der Waals surface area contributed by atoms with Crippen LogP contribution in [0.25, 0.3) is 0 Å². The lowest BCUT2D eigenvalue weighted by Gasteiger charge is -2.36. The van der Waals surface area contributed by atoms with Crippen molar-refractivity contribution in [1.82, 2.24) is 0 Å². The summed E-state index contributed by atoms with van der Waals surface area (Å²) < 4.78 is 5.65. The quantitative estimate of drug-likeness (QED) is 0.644. The number of hydrogen-bond acceptors (Lipinski definition) is 2. The first-order chi connectivity index (χ1) is 6.29. The molecule has 0 aromatic heterocycles. The molecule has 0 spiro atoms. The summed E-state index contributed by atoms with van der Waals surface area (Å²) in [5.74, 6) is 2.55. The van der Waals surface area contributed by atoms with Gasteiger partial charge in [-0.15, -0.1) is 0 Å². The molecule has 0 unspecified atom stereocenters. The summed E-state index contributed by atoms with van der Waals surface area (Å²) in [6.07, 6.45) is 7.29. The van der Waals surface area contributed by atoms with Crippen LogP contribution >= 0.6 is 11.8 Å². The van der Waals surface area contributed by atoms with Crippen LogP contribution in [0, 0.1) is 5.41 Å². The molecule has 1 saturated carbocycles. The predicted octanol–water partition coefficient (Wildman–Crippen LogP) is 3.21. The van der Waals surface area contributed by atoms with Gasteiger partial charge in [0.15, 0.2) is 0 Å². The Balaban J connectivity index is 1.70. The smallest absolute Gasteiger partial charge is 0.0942 e. The SMILES string of the molecule is CC1(COC=C2CCCC2)CSC1. The van der Waals surface area contributed by atoms with Crippen molar-refractivity contribution >= 4 is 11.8 Å². The van der Waals surface area contributed by atoms with Gasteiger partial charge in [-0.05, 0) is 31.3 Å². The molecule has 0 amide bonds. The summed E-state index contributed by atoms with van der Waals surface area (Å²) >= 11 is 2.03.